The molecule has 1 rings (SSSR count). The molecule has 1 atom stereocenters. The fraction of sp³-hybridized carbons (Fsp3) is 0.500. The largest absolute Gasteiger partial charge is 0.204 e. The van der Waals surface area contributed by atoms with Crippen LogP contribution in [-0.2, 0) is 0 Å². The topological polar surface area (TPSA) is 0 Å². The van der Waals surface area contributed by atoms with Gasteiger partial charge in [0.15, 0.2) is 11.6 Å². The Morgan fingerprint density at radius 1 is 1.31 bits per heavy atom. The predicted molar refractivity (Wildman–Crippen MR) is 67.1 cm³/mol. The van der Waals surface area contributed by atoms with Crippen LogP contribution < -0.4 is 0 Å². The molecule has 0 radical (unpaired) electrons. The summed E-state index contributed by atoms with van der Waals surface area (Å²) in [6.07, 6.45) is 0.901. The Kier molecular flexibility index (Phi) is 4.35. The van der Waals surface area contributed by atoms with E-state index in [4.69, 9.17) is 11.6 Å². The van der Waals surface area contributed by atoms with Gasteiger partial charge in [0, 0.05) is 9.85 Å². The molecule has 0 aromatic heterocycles. The molecule has 0 heterocycles. The highest BCUT2D eigenvalue weighted by atomic mass is 79.9. The van der Waals surface area contributed by atoms with Crippen LogP contribution in [0.3, 0.4) is 0 Å². The van der Waals surface area contributed by atoms with E-state index >= 15 is 0 Å². The molecule has 1 unspecified atom stereocenters. The lowest BCUT2D eigenvalue weighted by atomic mass is 9.83. The highest BCUT2D eigenvalue weighted by molar-refractivity contribution is 9.09. The molecule has 90 valence electrons. The van der Waals surface area contributed by atoms with Gasteiger partial charge in [0.05, 0.1) is 0 Å². The van der Waals surface area contributed by atoms with Crippen LogP contribution >= 0.6 is 27.5 Å². The molecule has 0 aliphatic heterocycles. The smallest absolute Gasteiger partial charge is 0.160 e. The Bertz CT molecular complexity index is 391. The first-order valence-electron chi connectivity index (χ1n) is 5.08. The first kappa shape index (κ1) is 13.9. The van der Waals surface area contributed by atoms with Crippen molar-refractivity contribution < 1.29 is 8.78 Å². The van der Waals surface area contributed by atoms with Crippen LogP contribution in [0, 0.1) is 17.0 Å². The van der Waals surface area contributed by atoms with Gasteiger partial charge in [-0.15, -0.1) is 0 Å². The van der Waals surface area contributed by atoms with Crippen LogP contribution in [-0.4, -0.2) is 0 Å². The second kappa shape index (κ2) is 5.01. The minimum Gasteiger partial charge on any atom is -0.204 e. The third-order valence-corrected chi connectivity index (χ3v) is 4.97. The molecule has 1 aromatic carbocycles. The van der Waals surface area contributed by atoms with Gasteiger partial charge in [-0.2, -0.15) is 0 Å². The normalized spacial score (nSPS) is 13.9. The van der Waals surface area contributed by atoms with E-state index in [0.717, 1.165) is 18.6 Å². The molecule has 0 saturated carbocycles. The molecule has 0 aliphatic rings. The number of hydrogen-bond donors (Lipinski definition) is 0. The number of halogens is 4. The quantitative estimate of drug-likeness (QED) is 0.511. The molecule has 0 spiro atoms. The maximum Gasteiger partial charge on any atom is 0.160 e. The number of benzene rings is 1. The van der Waals surface area contributed by atoms with Gasteiger partial charge in [-0.3, -0.25) is 0 Å². The Morgan fingerprint density at radius 3 is 2.31 bits per heavy atom. The third-order valence-electron chi connectivity index (χ3n) is 2.91. The molecule has 0 aliphatic carbocycles. The lowest BCUT2D eigenvalue weighted by molar-refractivity contribution is 0.345. The lowest BCUT2D eigenvalue weighted by Gasteiger charge is -2.30. The molecule has 0 N–H and O–H groups in total. The maximum atomic E-state index is 13.2. The van der Waals surface area contributed by atoms with Crippen LogP contribution in [0.4, 0.5) is 8.78 Å². The Hall–Kier alpha value is -0.150. The number of alkyl halides is 1. The molecule has 16 heavy (non-hydrogen) atoms. The fourth-order valence-electron chi connectivity index (χ4n) is 1.33. The van der Waals surface area contributed by atoms with Gasteiger partial charge in [-0.25, -0.2) is 8.78 Å². The standard InChI is InChI=1S/C12H14BrClF2/c1-4-12(2,3)11(13)7-5-9(15)10(16)6-8(7)14/h5-6,11H,4H2,1-3H3. The van der Waals surface area contributed by atoms with Crippen LogP contribution in [0.1, 0.15) is 37.6 Å². The fourth-order valence-corrected chi connectivity index (χ4v) is 2.43. The summed E-state index contributed by atoms with van der Waals surface area (Å²) >= 11 is 9.43. The van der Waals surface area contributed by atoms with Gasteiger partial charge < -0.3 is 0 Å². The summed E-state index contributed by atoms with van der Waals surface area (Å²) in [6.45, 7) is 6.13. The van der Waals surface area contributed by atoms with E-state index in [2.05, 4.69) is 15.9 Å². The first-order valence-corrected chi connectivity index (χ1v) is 6.37. The highest BCUT2D eigenvalue weighted by Crippen LogP contribution is 2.45. The number of hydrogen-bond acceptors (Lipinski definition) is 0. The lowest BCUT2D eigenvalue weighted by Crippen LogP contribution is -2.17. The maximum absolute atomic E-state index is 13.2. The van der Waals surface area contributed by atoms with E-state index in [1.807, 2.05) is 20.8 Å². The molecule has 4 heteroatoms. The van der Waals surface area contributed by atoms with Crippen molar-refractivity contribution in [3.63, 3.8) is 0 Å². The summed E-state index contributed by atoms with van der Waals surface area (Å²) in [4.78, 5) is -0.104. The molecule has 0 bridgehead atoms. The van der Waals surface area contributed by atoms with E-state index in [9.17, 15) is 8.78 Å². The zero-order valence-corrected chi connectivity index (χ0v) is 11.8. The molecule has 0 nitrogen and oxygen atoms in total. The minimum absolute atomic E-state index is 0.0755. The van der Waals surface area contributed by atoms with Crippen molar-refractivity contribution in [1.82, 2.24) is 0 Å². The molecule has 0 saturated heterocycles. The average Bonchev–Trinajstić information content (AvgIpc) is 2.22. The van der Waals surface area contributed by atoms with E-state index in [1.54, 1.807) is 0 Å². The van der Waals surface area contributed by atoms with Crippen molar-refractivity contribution in [2.45, 2.75) is 32.0 Å². The summed E-state index contributed by atoms with van der Waals surface area (Å²) in [5.74, 6) is -1.78. The van der Waals surface area contributed by atoms with E-state index in [0.29, 0.717) is 5.56 Å². The van der Waals surface area contributed by atoms with Gasteiger partial charge in [0.25, 0.3) is 0 Å². The first-order chi connectivity index (χ1) is 7.29. The Morgan fingerprint density at radius 2 is 1.81 bits per heavy atom. The number of rotatable bonds is 3. The summed E-state index contributed by atoms with van der Waals surface area (Å²) < 4.78 is 26.1. The van der Waals surface area contributed by atoms with Crippen LogP contribution in [0.5, 0.6) is 0 Å². The minimum atomic E-state index is -0.914. The van der Waals surface area contributed by atoms with Crippen LogP contribution in [0.15, 0.2) is 12.1 Å². The second-order valence-electron chi connectivity index (χ2n) is 4.49. The van der Waals surface area contributed by atoms with Gasteiger partial charge in [0.1, 0.15) is 0 Å². The van der Waals surface area contributed by atoms with Crippen LogP contribution in [0.2, 0.25) is 5.02 Å². The zero-order valence-electron chi connectivity index (χ0n) is 9.45. The molecule has 0 amide bonds. The highest BCUT2D eigenvalue weighted by Gasteiger charge is 2.29. The summed E-state index contributed by atoms with van der Waals surface area (Å²) in [6, 6.07) is 2.18. The van der Waals surface area contributed by atoms with Gasteiger partial charge >= 0.3 is 0 Å². The zero-order chi connectivity index (χ0) is 12.5. The summed E-state index contributed by atoms with van der Waals surface area (Å²) in [5.41, 5.74) is 0.515. The summed E-state index contributed by atoms with van der Waals surface area (Å²) in [5, 5.41) is 0.252. The monoisotopic (exact) mass is 310 g/mol. The third kappa shape index (κ3) is 2.75. The average molecular weight is 312 g/mol. The molecular weight excluding hydrogens is 297 g/mol. The van der Waals surface area contributed by atoms with Gasteiger partial charge in [-0.1, -0.05) is 48.3 Å². The summed E-state index contributed by atoms with van der Waals surface area (Å²) in [7, 11) is 0. The van der Waals surface area contributed by atoms with Crippen molar-refractivity contribution >= 4 is 27.5 Å². The van der Waals surface area contributed by atoms with E-state index in [1.165, 1.54) is 0 Å². The molecule has 1 aromatic rings. The van der Waals surface area contributed by atoms with Crippen molar-refractivity contribution in [2.24, 2.45) is 5.41 Å². The predicted octanol–water partition coefficient (Wildman–Crippen LogP) is 5.49. The molecule has 0 fully saturated rings. The van der Waals surface area contributed by atoms with Crippen LogP contribution in [0.25, 0.3) is 0 Å². The van der Waals surface area contributed by atoms with E-state index in [-0.39, 0.29) is 15.3 Å². The van der Waals surface area contributed by atoms with E-state index < -0.39 is 11.6 Å². The SMILES string of the molecule is CCC(C)(C)C(Br)c1cc(F)c(F)cc1Cl. The second-order valence-corrected chi connectivity index (χ2v) is 5.82. The van der Waals surface area contributed by atoms with Crippen molar-refractivity contribution in [3.05, 3.63) is 34.4 Å². The Labute approximate surface area is 108 Å². The van der Waals surface area contributed by atoms with Gasteiger partial charge in [0.2, 0.25) is 0 Å². The van der Waals surface area contributed by atoms with Gasteiger partial charge in [-0.05, 0) is 29.5 Å². The van der Waals surface area contributed by atoms with Crippen molar-refractivity contribution in [1.29, 1.82) is 0 Å². The van der Waals surface area contributed by atoms with Crippen molar-refractivity contribution in [2.75, 3.05) is 0 Å². The molecular formula is C12H14BrClF2. The van der Waals surface area contributed by atoms with Crippen molar-refractivity contribution in [3.8, 4) is 0 Å². The Balaban J connectivity index is 3.19.